The van der Waals surface area contributed by atoms with Crippen LogP contribution in [0.3, 0.4) is 0 Å². The Kier molecular flexibility index (Phi) is 4.31. The summed E-state index contributed by atoms with van der Waals surface area (Å²) in [5.41, 5.74) is 0.417. The third kappa shape index (κ3) is 3.71. The minimum absolute atomic E-state index is 0.596. The van der Waals surface area contributed by atoms with Crippen molar-refractivity contribution in [3.05, 3.63) is 35.9 Å². The molecule has 1 aromatic rings. The quantitative estimate of drug-likeness (QED) is 0.710. The molecule has 2 rings (SSSR count). The molecule has 0 saturated carbocycles. The van der Waals surface area contributed by atoms with E-state index in [4.69, 9.17) is 9.90 Å². The van der Waals surface area contributed by atoms with Gasteiger partial charge in [0.2, 0.25) is 0 Å². The van der Waals surface area contributed by atoms with Crippen molar-refractivity contribution in [2.75, 3.05) is 13.1 Å². The van der Waals surface area contributed by atoms with Gasteiger partial charge in [-0.15, -0.1) is 0 Å². The Morgan fingerprint density at radius 3 is 1.94 bits per heavy atom. The van der Waals surface area contributed by atoms with Crippen molar-refractivity contribution < 1.29 is 28.2 Å². The Morgan fingerprint density at radius 1 is 1.22 bits per heavy atom. The monoisotopic (exact) mass is 263 g/mol. The lowest BCUT2D eigenvalue weighted by Crippen LogP contribution is -2.56. The summed E-state index contributed by atoms with van der Waals surface area (Å²) in [6.45, 7) is 1.36. The van der Waals surface area contributed by atoms with Crippen LogP contribution in [0.1, 0.15) is 5.56 Å². The zero-order valence-electron chi connectivity index (χ0n) is 9.24. The van der Waals surface area contributed by atoms with Gasteiger partial charge in [-0.2, -0.15) is 13.2 Å². The average molecular weight is 263 g/mol. The number of aliphatic hydroxyl groups is 1. The van der Waals surface area contributed by atoms with Gasteiger partial charge in [-0.25, -0.2) is 4.79 Å². The average Bonchev–Trinajstić information content (AvgIpc) is 2.26. The van der Waals surface area contributed by atoms with Crippen molar-refractivity contribution in [2.45, 2.75) is 11.8 Å². The van der Waals surface area contributed by atoms with E-state index in [0.717, 1.165) is 5.56 Å². The molecule has 0 radical (unpaired) electrons. The zero-order valence-corrected chi connectivity index (χ0v) is 9.24. The highest BCUT2D eigenvalue weighted by Gasteiger charge is 2.38. The van der Waals surface area contributed by atoms with E-state index >= 15 is 0 Å². The van der Waals surface area contributed by atoms with E-state index < -0.39 is 17.7 Å². The first-order valence-corrected chi connectivity index (χ1v) is 5.04. The van der Waals surface area contributed by atoms with Crippen LogP contribution >= 0.6 is 0 Å². The second-order valence-electron chi connectivity index (χ2n) is 3.80. The highest BCUT2D eigenvalue weighted by atomic mass is 19.4. The topological polar surface area (TPSA) is 69.6 Å². The van der Waals surface area contributed by atoms with E-state index in [2.05, 4.69) is 5.32 Å². The van der Waals surface area contributed by atoms with Crippen LogP contribution in [0.25, 0.3) is 0 Å². The number of benzene rings is 1. The molecule has 100 valence electrons. The van der Waals surface area contributed by atoms with E-state index in [1.807, 2.05) is 30.3 Å². The molecule has 3 N–H and O–H groups in total. The number of carbonyl (C=O) groups is 1. The van der Waals surface area contributed by atoms with Crippen LogP contribution in [-0.4, -0.2) is 35.4 Å². The largest absolute Gasteiger partial charge is 0.490 e. The number of hydrogen-bond donors (Lipinski definition) is 3. The number of aliphatic carboxylic acids is 1. The molecule has 1 aliphatic rings. The van der Waals surface area contributed by atoms with Gasteiger partial charge in [0, 0.05) is 13.1 Å². The lowest BCUT2D eigenvalue weighted by Gasteiger charge is -2.37. The van der Waals surface area contributed by atoms with Crippen molar-refractivity contribution in [1.29, 1.82) is 0 Å². The predicted octanol–water partition coefficient (Wildman–Crippen LogP) is 1.11. The van der Waals surface area contributed by atoms with Gasteiger partial charge >= 0.3 is 12.1 Å². The minimum atomic E-state index is -5.08. The summed E-state index contributed by atoms with van der Waals surface area (Å²) in [6, 6.07) is 9.78. The van der Waals surface area contributed by atoms with Crippen molar-refractivity contribution in [3.63, 3.8) is 0 Å². The van der Waals surface area contributed by atoms with E-state index in [1.54, 1.807) is 0 Å². The molecular weight excluding hydrogens is 251 g/mol. The molecule has 0 spiro atoms. The molecule has 1 heterocycles. The van der Waals surface area contributed by atoms with Gasteiger partial charge < -0.3 is 15.5 Å². The molecule has 1 fully saturated rings. The van der Waals surface area contributed by atoms with Crippen LogP contribution in [0.4, 0.5) is 13.2 Å². The van der Waals surface area contributed by atoms with Gasteiger partial charge in [0.05, 0.1) is 0 Å². The number of β-amino-alcohol motifs (C(OH)–C–C–N with tert-alkyl or cyclic N) is 1. The summed E-state index contributed by atoms with van der Waals surface area (Å²) in [7, 11) is 0. The molecule has 0 bridgehead atoms. The number of hydrogen-bond acceptors (Lipinski definition) is 3. The third-order valence-corrected chi connectivity index (χ3v) is 2.39. The Bertz CT molecular complexity index is 402. The lowest BCUT2D eigenvalue weighted by molar-refractivity contribution is -0.192. The van der Waals surface area contributed by atoms with Crippen molar-refractivity contribution in [1.82, 2.24) is 5.32 Å². The number of halogens is 3. The first-order valence-electron chi connectivity index (χ1n) is 5.04. The van der Waals surface area contributed by atoms with Crippen LogP contribution in [0, 0.1) is 0 Å². The van der Waals surface area contributed by atoms with Crippen LogP contribution in [0.5, 0.6) is 0 Å². The summed E-state index contributed by atoms with van der Waals surface area (Å²) in [4.78, 5) is 8.90. The van der Waals surface area contributed by atoms with Gasteiger partial charge in [0.25, 0.3) is 0 Å². The standard InChI is InChI=1S/C9H11NO.C2HF3O2/c11-9(6-10-7-9)8-4-2-1-3-5-8;3-2(4,5)1(6)7/h1-5,10-11H,6-7H2;(H,6,7). The molecule has 1 aliphatic heterocycles. The molecule has 0 amide bonds. The van der Waals surface area contributed by atoms with Gasteiger partial charge in [-0.05, 0) is 5.56 Å². The van der Waals surface area contributed by atoms with Crippen molar-refractivity contribution in [3.8, 4) is 0 Å². The Morgan fingerprint density at radius 2 is 1.67 bits per heavy atom. The lowest BCUT2D eigenvalue weighted by atomic mass is 9.88. The van der Waals surface area contributed by atoms with E-state index in [1.165, 1.54) is 0 Å². The Balaban J connectivity index is 0.000000203. The SMILES string of the molecule is O=C(O)C(F)(F)F.OC1(c2ccccc2)CNC1. The molecule has 0 aromatic heterocycles. The van der Waals surface area contributed by atoms with Gasteiger partial charge in [0.15, 0.2) is 0 Å². The summed E-state index contributed by atoms with van der Waals surface area (Å²) in [5.74, 6) is -2.76. The van der Waals surface area contributed by atoms with Gasteiger partial charge in [-0.1, -0.05) is 30.3 Å². The fourth-order valence-corrected chi connectivity index (χ4v) is 1.31. The first-order chi connectivity index (χ1) is 8.26. The summed E-state index contributed by atoms with van der Waals surface area (Å²) in [5, 5.41) is 20.0. The van der Waals surface area contributed by atoms with Crippen LogP contribution in [0.15, 0.2) is 30.3 Å². The molecule has 4 nitrogen and oxygen atoms in total. The van der Waals surface area contributed by atoms with E-state index in [-0.39, 0.29) is 0 Å². The molecular formula is C11H12F3NO3. The van der Waals surface area contributed by atoms with Crippen LogP contribution < -0.4 is 5.32 Å². The molecule has 0 aliphatic carbocycles. The highest BCUT2D eigenvalue weighted by Crippen LogP contribution is 2.24. The second-order valence-corrected chi connectivity index (χ2v) is 3.80. The van der Waals surface area contributed by atoms with E-state index in [0.29, 0.717) is 13.1 Å². The summed E-state index contributed by atoms with van der Waals surface area (Å²) >= 11 is 0. The molecule has 7 heteroatoms. The second kappa shape index (κ2) is 5.36. The number of carboxylic acid groups (broad SMARTS) is 1. The van der Waals surface area contributed by atoms with Gasteiger partial charge in [0.1, 0.15) is 5.60 Å². The predicted molar refractivity (Wildman–Crippen MR) is 56.9 cm³/mol. The fraction of sp³-hybridized carbons (Fsp3) is 0.364. The maximum absolute atomic E-state index is 10.6. The number of rotatable bonds is 1. The molecule has 1 saturated heterocycles. The minimum Gasteiger partial charge on any atom is -0.475 e. The highest BCUT2D eigenvalue weighted by molar-refractivity contribution is 5.73. The van der Waals surface area contributed by atoms with Crippen molar-refractivity contribution >= 4 is 5.97 Å². The maximum atomic E-state index is 10.6. The molecule has 1 aromatic carbocycles. The summed E-state index contributed by atoms with van der Waals surface area (Å²) < 4.78 is 31.7. The normalized spacial score (nSPS) is 17.1. The van der Waals surface area contributed by atoms with E-state index in [9.17, 15) is 18.3 Å². The molecule has 0 unspecified atom stereocenters. The number of nitrogens with one attached hydrogen (secondary N) is 1. The fourth-order valence-electron chi connectivity index (χ4n) is 1.31. The van der Waals surface area contributed by atoms with Gasteiger partial charge in [-0.3, -0.25) is 0 Å². The number of alkyl halides is 3. The Hall–Kier alpha value is -1.60. The molecule has 18 heavy (non-hydrogen) atoms. The number of carboxylic acids is 1. The van der Waals surface area contributed by atoms with Crippen molar-refractivity contribution in [2.24, 2.45) is 0 Å². The molecule has 0 atom stereocenters. The van der Waals surface area contributed by atoms with Crippen LogP contribution in [0.2, 0.25) is 0 Å². The summed E-state index contributed by atoms with van der Waals surface area (Å²) in [6.07, 6.45) is -5.08. The Labute approximate surface area is 101 Å². The third-order valence-electron chi connectivity index (χ3n) is 2.39. The zero-order chi connectivity index (χ0) is 13.8. The maximum Gasteiger partial charge on any atom is 0.490 e. The first kappa shape index (κ1) is 14.5. The smallest absolute Gasteiger partial charge is 0.475 e. The van der Waals surface area contributed by atoms with Crippen LogP contribution in [-0.2, 0) is 10.4 Å².